The molecule has 0 saturated carbocycles. The van der Waals surface area contributed by atoms with Crippen LogP contribution in [-0.2, 0) is 0 Å². The molecule has 0 atom stereocenters. The minimum atomic E-state index is 0.238. The maximum Gasteiger partial charge on any atom is 0.165 e. The average molecular weight is 236 g/mol. The number of fused-ring (bicyclic) bond motifs is 1. The van der Waals surface area contributed by atoms with E-state index in [1.165, 1.54) is 0 Å². The van der Waals surface area contributed by atoms with Gasteiger partial charge in [-0.1, -0.05) is 40.9 Å². The van der Waals surface area contributed by atoms with Crippen molar-refractivity contribution < 1.29 is 4.84 Å². The number of benzene rings is 1. The van der Waals surface area contributed by atoms with Crippen molar-refractivity contribution in [2.45, 2.75) is 0 Å². The predicted molar refractivity (Wildman–Crippen MR) is 53.8 cm³/mol. The first kappa shape index (κ1) is 9.00. The smallest absolute Gasteiger partial charge is 0.165 e. The Morgan fingerprint density at radius 3 is 2.69 bits per heavy atom. The Hall–Kier alpha value is -0.570. The second-order valence-electron chi connectivity index (χ2n) is 2.45. The topological polar surface area (TPSA) is 21.3 Å². The Morgan fingerprint density at radius 2 is 1.92 bits per heavy atom. The number of rotatable bonds is 0. The molecule has 1 N–H and O–H groups in total. The molecule has 0 amide bonds. The van der Waals surface area contributed by atoms with Crippen LogP contribution < -0.4 is 10.3 Å². The van der Waals surface area contributed by atoms with Crippen LogP contribution in [0.2, 0.25) is 5.02 Å². The van der Waals surface area contributed by atoms with Crippen LogP contribution in [-0.4, -0.2) is 0 Å². The van der Waals surface area contributed by atoms with Gasteiger partial charge in [-0.2, -0.15) is 0 Å². The third-order valence-corrected chi connectivity index (χ3v) is 2.69. The minimum absolute atomic E-state index is 0.238. The highest BCUT2D eigenvalue weighted by Crippen LogP contribution is 2.39. The fraction of sp³-hybridized carbons (Fsp3) is 0. The zero-order valence-electron chi connectivity index (χ0n) is 6.27. The van der Waals surface area contributed by atoms with Crippen molar-refractivity contribution in [1.82, 2.24) is 5.48 Å². The van der Waals surface area contributed by atoms with E-state index in [2.05, 4.69) is 5.48 Å². The lowest BCUT2D eigenvalue weighted by atomic mass is 10.2. The lowest BCUT2D eigenvalue weighted by Gasteiger charge is -2.18. The molecule has 0 aliphatic carbocycles. The zero-order chi connectivity index (χ0) is 9.42. The first-order chi connectivity index (χ1) is 6.20. The summed E-state index contributed by atoms with van der Waals surface area (Å²) in [7, 11) is 0. The minimum Gasteiger partial charge on any atom is -0.381 e. The summed E-state index contributed by atoms with van der Waals surface area (Å²) in [5, 5.41) is 1.12. The molecule has 1 aliphatic heterocycles. The number of nitrogens with one attached hydrogen (secondary N) is 1. The first-order valence-electron chi connectivity index (χ1n) is 3.47. The van der Waals surface area contributed by atoms with Gasteiger partial charge in [0.25, 0.3) is 0 Å². The number of halogens is 3. The van der Waals surface area contributed by atoms with Gasteiger partial charge in [-0.15, -0.1) is 0 Å². The summed E-state index contributed by atoms with van der Waals surface area (Å²) in [6.07, 6.45) is 0. The van der Waals surface area contributed by atoms with E-state index in [1.807, 2.05) is 0 Å². The molecule has 2 rings (SSSR count). The van der Waals surface area contributed by atoms with E-state index in [9.17, 15) is 0 Å². The number of hydrogen-bond acceptors (Lipinski definition) is 2. The Morgan fingerprint density at radius 1 is 1.15 bits per heavy atom. The second kappa shape index (κ2) is 3.29. The van der Waals surface area contributed by atoms with Crippen molar-refractivity contribution in [1.29, 1.82) is 0 Å². The molecule has 68 valence electrons. The second-order valence-corrected chi connectivity index (χ2v) is 3.61. The van der Waals surface area contributed by atoms with Gasteiger partial charge in [0.2, 0.25) is 0 Å². The highest BCUT2D eigenvalue weighted by molar-refractivity contribution is 6.56. The summed E-state index contributed by atoms with van der Waals surface area (Å²) in [6.45, 7) is 0. The van der Waals surface area contributed by atoms with Crippen molar-refractivity contribution in [2.24, 2.45) is 0 Å². The Balaban J connectivity index is 2.67. The van der Waals surface area contributed by atoms with Crippen molar-refractivity contribution in [3.8, 4) is 5.75 Å². The van der Waals surface area contributed by atoms with Gasteiger partial charge < -0.3 is 4.84 Å². The van der Waals surface area contributed by atoms with Crippen LogP contribution >= 0.6 is 34.8 Å². The molecule has 0 unspecified atom stereocenters. The van der Waals surface area contributed by atoms with Gasteiger partial charge in [0, 0.05) is 0 Å². The van der Waals surface area contributed by atoms with Crippen molar-refractivity contribution in [3.63, 3.8) is 0 Å². The van der Waals surface area contributed by atoms with E-state index in [1.54, 1.807) is 18.2 Å². The van der Waals surface area contributed by atoms with Crippen LogP contribution in [0.15, 0.2) is 23.4 Å². The molecule has 0 saturated heterocycles. The van der Waals surface area contributed by atoms with E-state index >= 15 is 0 Å². The van der Waals surface area contributed by atoms with Gasteiger partial charge in [-0.25, -0.2) is 5.48 Å². The molecule has 0 fully saturated rings. The van der Waals surface area contributed by atoms with Crippen LogP contribution in [0.5, 0.6) is 5.75 Å². The fourth-order valence-electron chi connectivity index (χ4n) is 1.06. The highest BCUT2D eigenvalue weighted by Gasteiger charge is 2.20. The quantitative estimate of drug-likeness (QED) is 0.698. The van der Waals surface area contributed by atoms with Gasteiger partial charge in [0.1, 0.15) is 0 Å². The van der Waals surface area contributed by atoms with Gasteiger partial charge in [0.15, 0.2) is 10.9 Å². The van der Waals surface area contributed by atoms with Gasteiger partial charge in [0.05, 0.1) is 15.6 Å². The van der Waals surface area contributed by atoms with E-state index in [4.69, 9.17) is 39.6 Å². The summed E-state index contributed by atoms with van der Waals surface area (Å²) in [5.74, 6) is 0.571. The Bertz CT molecular complexity index is 389. The molecular formula is C8H4Cl3NO. The van der Waals surface area contributed by atoms with Crippen LogP contribution in [0.3, 0.4) is 0 Å². The molecule has 1 aromatic carbocycles. The van der Waals surface area contributed by atoms with Crippen molar-refractivity contribution in [3.05, 3.63) is 33.9 Å². The molecule has 0 aromatic heterocycles. The molecule has 2 nitrogen and oxygen atoms in total. The Labute approximate surface area is 90.0 Å². The van der Waals surface area contributed by atoms with Crippen molar-refractivity contribution in [2.75, 3.05) is 0 Å². The van der Waals surface area contributed by atoms with Gasteiger partial charge in [-0.05, 0) is 12.1 Å². The summed E-state index contributed by atoms with van der Waals surface area (Å²) in [5.41, 5.74) is 3.09. The molecule has 13 heavy (non-hydrogen) atoms. The monoisotopic (exact) mass is 235 g/mol. The average Bonchev–Trinajstić information content (AvgIpc) is 2.12. The van der Waals surface area contributed by atoms with Crippen LogP contribution in [0, 0.1) is 0 Å². The first-order valence-corrected chi connectivity index (χ1v) is 4.60. The molecule has 0 bridgehead atoms. The van der Waals surface area contributed by atoms with E-state index in [-0.39, 0.29) is 5.16 Å². The Kier molecular flexibility index (Phi) is 2.28. The zero-order valence-corrected chi connectivity index (χ0v) is 8.54. The maximum absolute atomic E-state index is 5.92. The fourth-order valence-corrected chi connectivity index (χ4v) is 1.73. The summed E-state index contributed by atoms with van der Waals surface area (Å²) in [6, 6.07) is 5.24. The van der Waals surface area contributed by atoms with Crippen molar-refractivity contribution >= 4 is 39.8 Å². The highest BCUT2D eigenvalue weighted by atomic mass is 35.5. The lowest BCUT2D eigenvalue weighted by Crippen LogP contribution is -2.20. The largest absolute Gasteiger partial charge is 0.381 e. The van der Waals surface area contributed by atoms with Gasteiger partial charge in [-0.3, -0.25) is 0 Å². The van der Waals surface area contributed by atoms with Crippen LogP contribution in [0.25, 0.3) is 5.03 Å². The number of hydrogen-bond donors (Lipinski definition) is 1. The summed E-state index contributed by atoms with van der Waals surface area (Å²) >= 11 is 17.6. The van der Waals surface area contributed by atoms with E-state index < -0.39 is 0 Å². The van der Waals surface area contributed by atoms with E-state index in [0.29, 0.717) is 21.4 Å². The molecule has 0 spiro atoms. The summed E-state index contributed by atoms with van der Waals surface area (Å²) in [4.78, 5) is 5.08. The molecular weight excluding hydrogens is 232 g/mol. The van der Waals surface area contributed by atoms with Crippen LogP contribution in [0.1, 0.15) is 5.56 Å². The van der Waals surface area contributed by atoms with Crippen LogP contribution in [0.4, 0.5) is 0 Å². The molecule has 1 aromatic rings. The third-order valence-electron chi connectivity index (χ3n) is 1.64. The summed E-state index contributed by atoms with van der Waals surface area (Å²) < 4.78 is 0. The molecule has 1 aliphatic rings. The standard InChI is InChI=1S/C8H4Cl3NO/c9-4-2-1-3-5-6(4)7(10)8(11)12-13-5/h1-3,12H. The van der Waals surface area contributed by atoms with E-state index in [0.717, 1.165) is 0 Å². The molecule has 1 heterocycles. The molecule has 5 heteroatoms. The normalized spacial score (nSPS) is 14.7. The maximum atomic E-state index is 5.92. The third kappa shape index (κ3) is 1.46. The lowest BCUT2D eigenvalue weighted by molar-refractivity contribution is 0.234. The predicted octanol–water partition coefficient (Wildman–Crippen LogP) is 3.34. The SMILES string of the molecule is ClC1=C(Cl)c2c(Cl)cccc2ON1. The van der Waals surface area contributed by atoms with Gasteiger partial charge >= 0.3 is 0 Å². The number of hydroxylamine groups is 1. The molecule has 0 radical (unpaired) electrons.